The van der Waals surface area contributed by atoms with Gasteiger partial charge in [-0.25, -0.2) is 0 Å². The Morgan fingerprint density at radius 2 is 2.00 bits per heavy atom. The minimum Gasteiger partial charge on any atom is -0.378 e. The molecule has 5 nitrogen and oxygen atoms in total. The van der Waals surface area contributed by atoms with E-state index in [9.17, 15) is 0 Å². The Balaban J connectivity index is 1.50. The van der Waals surface area contributed by atoms with Crippen LogP contribution >= 0.6 is 0 Å². The van der Waals surface area contributed by atoms with Crippen LogP contribution in [0.5, 0.6) is 0 Å². The lowest BCUT2D eigenvalue weighted by atomic mass is 10.1. The van der Waals surface area contributed by atoms with Crippen LogP contribution in [0.2, 0.25) is 0 Å². The number of benzene rings is 1. The number of nitrogens with two attached hydrogens (primary N) is 1. The molecular formula is C18H28N4O. The fourth-order valence-corrected chi connectivity index (χ4v) is 3.50. The van der Waals surface area contributed by atoms with E-state index in [1.807, 2.05) is 0 Å². The van der Waals surface area contributed by atoms with E-state index in [-0.39, 0.29) is 0 Å². The SMILES string of the molecule is C[C@@H]1C[C@@H](CN=C(N)N2CCOCC2)CN1Cc1ccccc1. The van der Waals surface area contributed by atoms with E-state index in [1.54, 1.807) is 0 Å². The summed E-state index contributed by atoms with van der Waals surface area (Å²) in [6.45, 7) is 8.50. The molecule has 0 unspecified atom stereocenters. The summed E-state index contributed by atoms with van der Waals surface area (Å²) in [5.74, 6) is 1.29. The fraction of sp³-hybridized carbons (Fsp3) is 0.611. The molecule has 3 rings (SSSR count). The summed E-state index contributed by atoms with van der Waals surface area (Å²) in [4.78, 5) is 9.33. The third-order valence-electron chi connectivity index (χ3n) is 4.87. The minimum absolute atomic E-state index is 0.605. The van der Waals surface area contributed by atoms with Crippen LogP contribution in [0.25, 0.3) is 0 Å². The van der Waals surface area contributed by atoms with E-state index in [0.29, 0.717) is 17.9 Å². The Morgan fingerprint density at radius 3 is 2.74 bits per heavy atom. The van der Waals surface area contributed by atoms with Crippen molar-refractivity contribution in [2.75, 3.05) is 39.4 Å². The number of likely N-dealkylation sites (tertiary alicyclic amines) is 1. The van der Waals surface area contributed by atoms with Gasteiger partial charge in [-0.3, -0.25) is 9.89 Å². The van der Waals surface area contributed by atoms with Gasteiger partial charge in [-0.15, -0.1) is 0 Å². The number of hydrogen-bond donors (Lipinski definition) is 1. The number of morpholine rings is 1. The molecule has 2 aliphatic rings. The van der Waals surface area contributed by atoms with Crippen LogP contribution in [-0.2, 0) is 11.3 Å². The maximum Gasteiger partial charge on any atom is 0.191 e. The topological polar surface area (TPSA) is 54.1 Å². The lowest BCUT2D eigenvalue weighted by molar-refractivity contribution is 0.0674. The summed E-state index contributed by atoms with van der Waals surface area (Å²) in [5, 5.41) is 0. The molecule has 2 saturated heterocycles. The van der Waals surface area contributed by atoms with Crippen LogP contribution in [0.1, 0.15) is 18.9 Å². The number of guanidine groups is 1. The van der Waals surface area contributed by atoms with Crippen LogP contribution in [0, 0.1) is 5.92 Å². The lowest BCUT2D eigenvalue weighted by Gasteiger charge is -2.27. The molecule has 0 amide bonds. The van der Waals surface area contributed by atoms with Crippen LogP contribution in [-0.4, -0.2) is 61.2 Å². The Labute approximate surface area is 139 Å². The van der Waals surface area contributed by atoms with Crippen molar-refractivity contribution in [1.82, 2.24) is 9.80 Å². The molecule has 5 heteroatoms. The van der Waals surface area contributed by atoms with E-state index in [1.165, 1.54) is 12.0 Å². The Morgan fingerprint density at radius 1 is 1.26 bits per heavy atom. The number of nitrogens with zero attached hydrogens (tertiary/aromatic N) is 3. The predicted octanol–water partition coefficient (Wildman–Crippen LogP) is 1.54. The van der Waals surface area contributed by atoms with Crippen molar-refractivity contribution in [3.8, 4) is 0 Å². The van der Waals surface area contributed by atoms with Crippen molar-refractivity contribution in [2.45, 2.75) is 25.9 Å². The van der Waals surface area contributed by atoms with Crippen LogP contribution in [0.4, 0.5) is 0 Å². The quantitative estimate of drug-likeness (QED) is 0.676. The summed E-state index contributed by atoms with van der Waals surface area (Å²) < 4.78 is 5.35. The number of ether oxygens (including phenoxy) is 1. The van der Waals surface area contributed by atoms with Gasteiger partial charge in [-0.1, -0.05) is 30.3 Å². The maximum absolute atomic E-state index is 6.13. The Hall–Kier alpha value is -1.59. The Bertz CT molecular complexity index is 513. The first-order valence-electron chi connectivity index (χ1n) is 8.63. The molecule has 23 heavy (non-hydrogen) atoms. The zero-order chi connectivity index (χ0) is 16.1. The summed E-state index contributed by atoms with van der Waals surface area (Å²) in [6.07, 6.45) is 1.20. The molecule has 2 heterocycles. The summed E-state index contributed by atoms with van der Waals surface area (Å²) in [6, 6.07) is 11.3. The summed E-state index contributed by atoms with van der Waals surface area (Å²) in [5.41, 5.74) is 7.51. The van der Waals surface area contributed by atoms with Gasteiger partial charge in [-0.05, 0) is 24.8 Å². The van der Waals surface area contributed by atoms with Gasteiger partial charge < -0.3 is 15.4 Å². The highest BCUT2D eigenvalue weighted by Gasteiger charge is 2.28. The molecule has 2 aliphatic heterocycles. The molecular weight excluding hydrogens is 288 g/mol. The molecule has 1 aromatic carbocycles. The highest BCUT2D eigenvalue weighted by Crippen LogP contribution is 2.25. The van der Waals surface area contributed by atoms with Gasteiger partial charge in [0.1, 0.15) is 0 Å². The van der Waals surface area contributed by atoms with Gasteiger partial charge in [0.25, 0.3) is 0 Å². The standard InChI is InChI=1S/C18H28N4O/c1-15-11-17(12-20-18(19)21-7-9-23-10-8-21)14-22(15)13-16-5-3-2-4-6-16/h2-6,15,17H,7-14H2,1H3,(H2,19,20)/t15-,17+/m1/s1. The monoisotopic (exact) mass is 316 g/mol. The van der Waals surface area contributed by atoms with E-state index < -0.39 is 0 Å². The van der Waals surface area contributed by atoms with Crippen molar-refractivity contribution >= 4 is 5.96 Å². The van der Waals surface area contributed by atoms with Crippen molar-refractivity contribution in [1.29, 1.82) is 0 Å². The number of rotatable bonds is 4. The smallest absolute Gasteiger partial charge is 0.191 e. The first-order valence-corrected chi connectivity index (χ1v) is 8.63. The average molecular weight is 316 g/mol. The van der Waals surface area contributed by atoms with Gasteiger partial charge in [0.05, 0.1) is 13.2 Å². The lowest BCUT2D eigenvalue weighted by Crippen LogP contribution is -2.45. The number of aliphatic imine (C=N–C) groups is 1. The first-order chi connectivity index (χ1) is 11.2. The summed E-state index contributed by atoms with van der Waals surface area (Å²) >= 11 is 0. The predicted molar refractivity (Wildman–Crippen MR) is 93.3 cm³/mol. The molecule has 0 aliphatic carbocycles. The molecule has 126 valence electrons. The van der Waals surface area contributed by atoms with Gasteiger partial charge in [0.2, 0.25) is 0 Å². The highest BCUT2D eigenvalue weighted by atomic mass is 16.5. The molecule has 0 radical (unpaired) electrons. The molecule has 0 bridgehead atoms. The fourth-order valence-electron chi connectivity index (χ4n) is 3.50. The molecule has 2 atom stereocenters. The van der Waals surface area contributed by atoms with Crippen molar-refractivity contribution in [2.24, 2.45) is 16.6 Å². The highest BCUT2D eigenvalue weighted by molar-refractivity contribution is 5.78. The van der Waals surface area contributed by atoms with E-state index in [0.717, 1.165) is 45.9 Å². The molecule has 0 saturated carbocycles. The zero-order valence-electron chi connectivity index (χ0n) is 14.0. The molecule has 2 N–H and O–H groups in total. The zero-order valence-corrected chi connectivity index (χ0v) is 14.0. The third-order valence-corrected chi connectivity index (χ3v) is 4.87. The normalized spacial score (nSPS) is 26.7. The van der Waals surface area contributed by atoms with Crippen LogP contribution in [0.3, 0.4) is 0 Å². The van der Waals surface area contributed by atoms with E-state index >= 15 is 0 Å². The minimum atomic E-state index is 0.605. The molecule has 0 spiro atoms. The maximum atomic E-state index is 6.13. The van der Waals surface area contributed by atoms with E-state index in [2.05, 4.69) is 52.0 Å². The molecule has 1 aromatic rings. The second kappa shape index (κ2) is 7.79. The Kier molecular flexibility index (Phi) is 5.51. The second-order valence-electron chi connectivity index (χ2n) is 6.66. The van der Waals surface area contributed by atoms with Gasteiger partial charge in [0.15, 0.2) is 5.96 Å². The third kappa shape index (κ3) is 4.45. The van der Waals surface area contributed by atoms with Crippen molar-refractivity contribution in [3.05, 3.63) is 35.9 Å². The van der Waals surface area contributed by atoms with Gasteiger partial charge in [0, 0.05) is 38.8 Å². The largest absolute Gasteiger partial charge is 0.378 e. The van der Waals surface area contributed by atoms with Crippen LogP contribution < -0.4 is 5.73 Å². The van der Waals surface area contributed by atoms with Gasteiger partial charge in [-0.2, -0.15) is 0 Å². The molecule has 0 aromatic heterocycles. The summed E-state index contributed by atoms with van der Waals surface area (Å²) in [7, 11) is 0. The second-order valence-corrected chi connectivity index (χ2v) is 6.66. The van der Waals surface area contributed by atoms with E-state index in [4.69, 9.17) is 10.5 Å². The van der Waals surface area contributed by atoms with Crippen LogP contribution in [0.15, 0.2) is 35.3 Å². The average Bonchev–Trinajstić information content (AvgIpc) is 2.94. The van der Waals surface area contributed by atoms with Gasteiger partial charge >= 0.3 is 0 Å². The molecule has 2 fully saturated rings. The van der Waals surface area contributed by atoms with Crippen molar-refractivity contribution in [3.63, 3.8) is 0 Å². The number of hydrogen-bond acceptors (Lipinski definition) is 3. The first kappa shape index (κ1) is 16.3. The van der Waals surface area contributed by atoms with Crippen molar-refractivity contribution < 1.29 is 4.74 Å².